The number of likely N-dealkylation sites (tertiary alicyclic amines) is 1. The second kappa shape index (κ2) is 10.1. The lowest BCUT2D eigenvalue weighted by Gasteiger charge is -2.17. The van der Waals surface area contributed by atoms with Crippen molar-refractivity contribution in [3.8, 4) is 28.8 Å². The van der Waals surface area contributed by atoms with Gasteiger partial charge >= 0.3 is 6.03 Å². The van der Waals surface area contributed by atoms with E-state index in [-0.39, 0.29) is 6.03 Å². The number of nitrogens with zero attached hydrogens (tertiary/aromatic N) is 4. The van der Waals surface area contributed by atoms with E-state index in [1.165, 1.54) is 14.2 Å². The number of aliphatic hydroxyl groups is 1. The molecule has 3 aromatic rings. The molecule has 0 bridgehead atoms. The highest BCUT2D eigenvalue weighted by Crippen LogP contribution is 2.28. The fraction of sp³-hybridized carbons (Fsp3) is 0.250. The highest BCUT2D eigenvalue weighted by Gasteiger charge is 2.24. The number of urea groups is 1. The Labute approximate surface area is 196 Å². The number of carbonyl (C=O) groups excluding carboxylic acids is 1. The van der Waals surface area contributed by atoms with Crippen molar-refractivity contribution in [3.63, 3.8) is 0 Å². The van der Waals surface area contributed by atoms with Crippen molar-refractivity contribution in [2.75, 3.05) is 37.9 Å². The van der Waals surface area contributed by atoms with Crippen LogP contribution >= 0.6 is 0 Å². The van der Waals surface area contributed by atoms with Crippen molar-refractivity contribution in [2.24, 2.45) is 0 Å². The number of aromatic nitrogens is 2. The molecule has 10 heteroatoms. The summed E-state index contributed by atoms with van der Waals surface area (Å²) < 4.78 is 10.6. The van der Waals surface area contributed by atoms with E-state index >= 15 is 0 Å². The standard InChI is InChI=1S/C24H24N6O4/c1-33-20-11-17(10-18(12-20)28-24(32)30-8-6-19(31)14-30)27-23-26-7-5-21(29-23)15-3-4-22(34-2)16(9-15)13-25/h3-5,7,9-12,19,31H,6,8,14H2,1-2H3,(H,28,32)(H,26,27,29)/t19-/m1/s1. The number of carbonyl (C=O) groups is 1. The number of hydrogen-bond acceptors (Lipinski definition) is 8. The largest absolute Gasteiger partial charge is 0.497 e. The highest BCUT2D eigenvalue weighted by molar-refractivity contribution is 5.90. The molecule has 34 heavy (non-hydrogen) atoms. The van der Waals surface area contributed by atoms with Gasteiger partial charge in [0.25, 0.3) is 0 Å². The molecule has 1 aliphatic rings. The SMILES string of the molecule is COc1cc(NC(=O)N2CC[C@@H](O)C2)cc(Nc2nccc(-c3ccc(OC)c(C#N)c3)n2)c1. The van der Waals surface area contributed by atoms with E-state index in [0.29, 0.717) is 59.6 Å². The summed E-state index contributed by atoms with van der Waals surface area (Å²) in [5.41, 5.74) is 2.92. The number of nitrogens with one attached hydrogen (secondary N) is 2. The van der Waals surface area contributed by atoms with Crippen LogP contribution in [0.4, 0.5) is 22.1 Å². The summed E-state index contributed by atoms with van der Waals surface area (Å²) >= 11 is 0. The molecule has 174 valence electrons. The molecular formula is C24H24N6O4. The summed E-state index contributed by atoms with van der Waals surface area (Å²) in [5, 5.41) is 25.0. The molecule has 0 saturated carbocycles. The van der Waals surface area contributed by atoms with Crippen LogP contribution in [0, 0.1) is 11.3 Å². The van der Waals surface area contributed by atoms with Gasteiger partial charge < -0.3 is 30.1 Å². The maximum absolute atomic E-state index is 12.5. The molecule has 2 aromatic carbocycles. The van der Waals surface area contributed by atoms with Gasteiger partial charge in [-0.15, -0.1) is 0 Å². The smallest absolute Gasteiger partial charge is 0.321 e. The van der Waals surface area contributed by atoms with Gasteiger partial charge in [0.05, 0.1) is 31.6 Å². The van der Waals surface area contributed by atoms with Gasteiger partial charge in [-0.05, 0) is 36.8 Å². The van der Waals surface area contributed by atoms with Crippen LogP contribution in [0.2, 0.25) is 0 Å². The van der Waals surface area contributed by atoms with Crippen LogP contribution in [0.1, 0.15) is 12.0 Å². The summed E-state index contributed by atoms with van der Waals surface area (Å²) in [4.78, 5) is 22.9. The molecule has 0 unspecified atom stereocenters. The maximum atomic E-state index is 12.5. The zero-order valence-electron chi connectivity index (χ0n) is 18.8. The zero-order valence-corrected chi connectivity index (χ0v) is 18.8. The number of nitriles is 1. The van der Waals surface area contributed by atoms with Crippen LogP contribution in [0.25, 0.3) is 11.3 Å². The van der Waals surface area contributed by atoms with Crippen molar-refractivity contribution in [1.29, 1.82) is 5.26 Å². The molecular weight excluding hydrogens is 436 g/mol. The fourth-order valence-electron chi connectivity index (χ4n) is 3.65. The van der Waals surface area contributed by atoms with Gasteiger partial charge in [0.2, 0.25) is 5.95 Å². The number of anilines is 3. The molecule has 1 atom stereocenters. The van der Waals surface area contributed by atoms with E-state index in [0.717, 1.165) is 5.56 Å². The first-order chi connectivity index (χ1) is 16.5. The number of rotatable bonds is 6. The molecule has 0 spiro atoms. The first-order valence-electron chi connectivity index (χ1n) is 10.6. The van der Waals surface area contributed by atoms with E-state index in [2.05, 4.69) is 26.7 Å². The minimum atomic E-state index is -0.493. The molecule has 0 radical (unpaired) electrons. The predicted octanol–water partition coefficient (Wildman–Crippen LogP) is 3.37. The van der Waals surface area contributed by atoms with Gasteiger partial charge in [0, 0.05) is 48.4 Å². The summed E-state index contributed by atoms with van der Waals surface area (Å²) in [6, 6.07) is 14.0. The number of hydrogen-bond donors (Lipinski definition) is 3. The van der Waals surface area contributed by atoms with E-state index in [9.17, 15) is 15.2 Å². The Morgan fingerprint density at radius 1 is 1.18 bits per heavy atom. The van der Waals surface area contributed by atoms with Gasteiger partial charge in [0.15, 0.2) is 0 Å². The molecule has 4 rings (SSSR count). The van der Waals surface area contributed by atoms with Crippen LogP contribution < -0.4 is 20.1 Å². The van der Waals surface area contributed by atoms with Crippen molar-refractivity contribution >= 4 is 23.4 Å². The molecule has 3 N–H and O–H groups in total. The Morgan fingerprint density at radius 3 is 2.71 bits per heavy atom. The van der Waals surface area contributed by atoms with E-state index < -0.39 is 6.10 Å². The van der Waals surface area contributed by atoms with Gasteiger partial charge in [-0.2, -0.15) is 5.26 Å². The Hall–Kier alpha value is -4.36. The van der Waals surface area contributed by atoms with Crippen molar-refractivity contribution < 1.29 is 19.4 Å². The summed E-state index contributed by atoms with van der Waals surface area (Å²) in [5.74, 6) is 1.36. The Bertz CT molecular complexity index is 1240. The third-order valence-corrected chi connectivity index (χ3v) is 5.37. The van der Waals surface area contributed by atoms with E-state index in [1.807, 2.05) is 6.07 Å². The second-order valence-corrected chi connectivity index (χ2v) is 7.69. The van der Waals surface area contributed by atoms with Gasteiger partial charge in [-0.3, -0.25) is 0 Å². The summed E-state index contributed by atoms with van der Waals surface area (Å²) in [6.07, 6.45) is 1.69. The first kappa shape index (κ1) is 22.8. The molecule has 2 amide bonds. The number of amides is 2. The quantitative estimate of drug-likeness (QED) is 0.510. The monoisotopic (exact) mass is 460 g/mol. The van der Waals surface area contributed by atoms with Crippen LogP contribution in [-0.4, -0.2) is 59.4 Å². The third-order valence-electron chi connectivity index (χ3n) is 5.37. The molecule has 10 nitrogen and oxygen atoms in total. The number of ether oxygens (including phenoxy) is 2. The molecule has 1 fully saturated rings. The van der Waals surface area contributed by atoms with Crippen molar-refractivity contribution in [1.82, 2.24) is 14.9 Å². The predicted molar refractivity (Wildman–Crippen MR) is 126 cm³/mol. The van der Waals surface area contributed by atoms with Crippen molar-refractivity contribution in [2.45, 2.75) is 12.5 Å². The van der Waals surface area contributed by atoms with Gasteiger partial charge in [-0.25, -0.2) is 14.8 Å². The minimum Gasteiger partial charge on any atom is -0.497 e. The first-order valence-corrected chi connectivity index (χ1v) is 10.6. The Kier molecular flexibility index (Phi) is 6.75. The molecule has 1 aromatic heterocycles. The minimum absolute atomic E-state index is 0.290. The van der Waals surface area contributed by atoms with Crippen molar-refractivity contribution in [3.05, 3.63) is 54.2 Å². The van der Waals surface area contributed by atoms with E-state index in [4.69, 9.17) is 9.47 Å². The number of benzene rings is 2. The lowest BCUT2D eigenvalue weighted by atomic mass is 10.1. The lowest BCUT2D eigenvalue weighted by molar-refractivity contribution is 0.176. The molecule has 1 saturated heterocycles. The summed E-state index contributed by atoms with van der Waals surface area (Å²) in [7, 11) is 3.05. The normalized spacial score (nSPS) is 14.9. The third kappa shape index (κ3) is 5.16. The molecule has 2 heterocycles. The van der Waals surface area contributed by atoms with Gasteiger partial charge in [0.1, 0.15) is 17.6 Å². The zero-order chi connectivity index (χ0) is 24.1. The maximum Gasteiger partial charge on any atom is 0.321 e. The van der Waals surface area contributed by atoms with Crippen LogP contribution in [0.15, 0.2) is 48.7 Å². The number of aliphatic hydroxyl groups excluding tert-OH is 1. The molecule has 0 aliphatic carbocycles. The van der Waals surface area contributed by atoms with E-state index in [1.54, 1.807) is 47.5 Å². The van der Waals surface area contributed by atoms with Gasteiger partial charge in [-0.1, -0.05) is 0 Å². The fourth-order valence-corrected chi connectivity index (χ4v) is 3.65. The topological polar surface area (TPSA) is 133 Å². The average molecular weight is 460 g/mol. The van der Waals surface area contributed by atoms with Crippen LogP contribution in [-0.2, 0) is 0 Å². The molecule has 1 aliphatic heterocycles. The number of β-amino-alcohol motifs (C(OH)–C–C–N with tert-alkyl or cyclic N) is 1. The van der Waals surface area contributed by atoms with Crippen LogP contribution in [0.5, 0.6) is 11.5 Å². The highest BCUT2D eigenvalue weighted by atomic mass is 16.5. The lowest BCUT2D eigenvalue weighted by Crippen LogP contribution is -2.33. The summed E-state index contributed by atoms with van der Waals surface area (Å²) in [6.45, 7) is 0.808. The van der Waals surface area contributed by atoms with Crippen LogP contribution in [0.3, 0.4) is 0 Å². The second-order valence-electron chi connectivity index (χ2n) is 7.69. The average Bonchev–Trinajstić information content (AvgIpc) is 3.30. The Morgan fingerprint density at radius 2 is 2.00 bits per heavy atom. The number of methoxy groups -OCH3 is 2. The Balaban J connectivity index is 1.55.